The van der Waals surface area contributed by atoms with E-state index in [-0.39, 0.29) is 12.1 Å². The third-order valence-corrected chi connectivity index (χ3v) is 1.90. The van der Waals surface area contributed by atoms with Crippen molar-refractivity contribution in [2.75, 3.05) is 5.88 Å². The van der Waals surface area contributed by atoms with Gasteiger partial charge in [-0.15, -0.1) is 11.6 Å². The molecule has 0 aromatic carbocycles. The zero-order valence-electron chi connectivity index (χ0n) is 7.48. The minimum Gasteiger partial charge on any atom is -0.463 e. The minimum absolute atomic E-state index is 0.0648. The molecule has 0 aliphatic carbocycles. The van der Waals surface area contributed by atoms with Gasteiger partial charge in [-0.25, -0.2) is 0 Å². The number of carbonyl (C=O) groups excluding carboxylic acids is 1. The van der Waals surface area contributed by atoms with Crippen molar-refractivity contribution in [3.8, 4) is 0 Å². The second-order valence-corrected chi connectivity index (χ2v) is 3.74. The van der Waals surface area contributed by atoms with Gasteiger partial charge in [-0.05, 0) is 27.7 Å². The molecule has 0 atom stereocenters. The Bertz CT molecular complexity index is 141. The Morgan fingerprint density at radius 1 is 1.55 bits per heavy atom. The molecule has 0 N–H and O–H groups in total. The number of hydrogen-bond acceptors (Lipinski definition) is 2. The van der Waals surface area contributed by atoms with Crippen LogP contribution in [-0.2, 0) is 9.53 Å². The number of ether oxygens (including phenoxy) is 1. The van der Waals surface area contributed by atoms with Crippen LogP contribution in [0, 0.1) is 5.41 Å². The van der Waals surface area contributed by atoms with Crippen LogP contribution in [0.4, 0.5) is 0 Å². The first-order valence-corrected chi connectivity index (χ1v) is 4.20. The Balaban J connectivity index is 4.02. The van der Waals surface area contributed by atoms with E-state index in [1.807, 2.05) is 13.8 Å². The van der Waals surface area contributed by atoms with Crippen molar-refractivity contribution in [2.24, 2.45) is 5.41 Å². The predicted molar refractivity (Wildman–Crippen MR) is 45.7 cm³/mol. The fourth-order valence-electron chi connectivity index (χ4n) is 0.428. The fraction of sp³-hybridized carbons (Fsp3) is 0.875. The van der Waals surface area contributed by atoms with Gasteiger partial charge in [-0.1, -0.05) is 0 Å². The van der Waals surface area contributed by atoms with Crippen LogP contribution in [0.5, 0.6) is 0 Å². The Kier molecular flexibility index (Phi) is 3.87. The highest BCUT2D eigenvalue weighted by molar-refractivity contribution is 6.19. The van der Waals surface area contributed by atoms with Crippen molar-refractivity contribution in [2.45, 2.75) is 33.8 Å². The molecule has 0 aromatic rings. The highest BCUT2D eigenvalue weighted by atomic mass is 35.5. The summed E-state index contributed by atoms with van der Waals surface area (Å²) < 4.78 is 4.98. The van der Waals surface area contributed by atoms with Gasteiger partial charge in [0.2, 0.25) is 0 Å². The Hall–Kier alpha value is -0.240. The van der Waals surface area contributed by atoms with Crippen LogP contribution in [0.2, 0.25) is 0 Å². The summed E-state index contributed by atoms with van der Waals surface area (Å²) in [7, 11) is 0. The van der Waals surface area contributed by atoms with Crippen LogP contribution in [-0.4, -0.2) is 18.0 Å². The van der Waals surface area contributed by atoms with Gasteiger partial charge < -0.3 is 4.74 Å². The molecule has 0 saturated carbocycles. The molecule has 0 aromatic heterocycles. The number of alkyl halides is 1. The normalized spacial score (nSPS) is 11.8. The molecule has 0 amide bonds. The molecule has 0 rings (SSSR count). The molecular formula is C8H15ClO2. The van der Waals surface area contributed by atoms with E-state index in [1.165, 1.54) is 0 Å². The molecule has 11 heavy (non-hydrogen) atoms. The van der Waals surface area contributed by atoms with Crippen molar-refractivity contribution in [3.63, 3.8) is 0 Å². The quantitative estimate of drug-likeness (QED) is 0.489. The van der Waals surface area contributed by atoms with E-state index in [2.05, 4.69) is 0 Å². The van der Waals surface area contributed by atoms with Crippen molar-refractivity contribution in [1.82, 2.24) is 0 Å². The van der Waals surface area contributed by atoms with Gasteiger partial charge in [0, 0.05) is 5.88 Å². The van der Waals surface area contributed by atoms with E-state index >= 15 is 0 Å². The first-order chi connectivity index (χ1) is 4.90. The molecule has 0 fully saturated rings. The maximum atomic E-state index is 11.2. The SMILES string of the molecule is CC(C)OC(=O)C(C)(C)CCl. The molecule has 0 aliphatic heterocycles. The topological polar surface area (TPSA) is 26.3 Å². The van der Waals surface area contributed by atoms with E-state index < -0.39 is 5.41 Å². The lowest BCUT2D eigenvalue weighted by atomic mass is 9.97. The summed E-state index contributed by atoms with van der Waals surface area (Å²) in [5, 5.41) is 0. The van der Waals surface area contributed by atoms with Gasteiger partial charge in [0.15, 0.2) is 0 Å². The molecule has 0 heterocycles. The molecule has 0 radical (unpaired) electrons. The van der Waals surface area contributed by atoms with Crippen LogP contribution in [0.25, 0.3) is 0 Å². The lowest BCUT2D eigenvalue weighted by Gasteiger charge is -2.20. The highest BCUT2D eigenvalue weighted by Gasteiger charge is 2.28. The zero-order valence-corrected chi connectivity index (χ0v) is 8.23. The fourth-order valence-corrected chi connectivity index (χ4v) is 0.537. The zero-order chi connectivity index (χ0) is 9.07. The average molecular weight is 179 g/mol. The van der Waals surface area contributed by atoms with Crippen LogP contribution in [0.1, 0.15) is 27.7 Å². The molecule has 3 heteroatoms. The average Bonchev–Trinajstić information content (AvgIpc) is 1.86. The van der Waals surface area contributed by atoms with Crippen molar-refractivity contribution in [3.05, 3.63) is 0 Å². The summed E-state index contributed by atoms with van der Waals surface area (Å²) >= 11 is 5.57. The maximum absolute atomic E-state index is 11.2. The molecule has 0 unspecified atom stereocenters. The number of carbonyl (C=O) groups is 1. The molecule has 0 spiro atoms. The first kappa shape index (κ1) is 10.8. The van der Waals surface area contributed by atoms with Crippen molar-refractivity contribution < 1.29 is 9.53 Å². The second kappa shape index (κ2) is 3.96. The molecule has 0 aliphatic rings. The molecule has 0 bridgehead atoms. The standard InChI is InChI=1S/C8H15ClO2/c1-6(2)11-7(10)8(3,4)5-9/h6H,5H2,1-4H3. The predicted octanol–water partition coefficient (Wildman–Crippen LogP) is 2.20. The largest absolute Gasteiger partial charge is 0.463 e. The summed E-state index contributed by atoms with van der Waals surface area (Å²) in [5.74, 6) is 0.0564. The molecular weight excluding hydrogens is 164 g/mol. The summed E-state index contributed by atoms with van der Waals surface area (Å²) in [6.07, 6.45) is -0.0648. The smallest absolute Gasteiger partial charge is 0.312 e. The number of rotatable bonds is 3. The van der Waals surface area contributed by atoms with Gasteiger partial charge >= 0.3 is 5.97 Å². The number of hydrogen-bond donors (Lipinski definition) is 0. The van der Waals surface area contributed by atoms with Crippen LogP contribution in [0.15, 0.2) is 0 Å². The Labute approximate surface area is 72.9 Å². The molecule has 0 saturated heterocycles. The van der Waals surface area contributed by atoms with Gasteiger partial charge in [-0.3, -0.25) is 4.79 Å². The third-order valence-electron chi connectivity index (χ3n) is 1.23. The highest BCUT2D eigenvalue weighted by Crippen LogP contribution is 2.19. The summed E-state index contributed by atoms with van der Waals surface area (Å²) in [4.78, 5) is 11.2. The lowest BCUT2D eigenvalue weighted by molar-refractivity contribution is -0.156. The summed E-state index contributed by atoms with van der Waals surface area (Å²) in [6, 6.07) is 0. The Morgan fingerprint density at radius 2 is 2.00 bits per heavy atom. The molecule has 66 valence electrons. The number of esters is 1. The second-order valence-electron chi connectivity index (χ2n) is 3.47. The van der Waals surface area contributed by atoms with E-state index in [4.69, 9.17) is 16.3 Å². The van der Waals surface area contributed by atoms with E-state index in [0.29, 0.717) is 5.88 Å². The monoisotopic (exact) mass is 178 g/mol. The minimum atomic E-state index is -0.564. The van der Waals surface area contributed by atoms with Crippen molar-refractivity contribution >= 4 is 17.6 Å². The maximum Gasteiger partial charge on any atom is 0.312 e. The summed E-state index contributed by atoms with van der Waals surface area (Å²) in [5.41, 5.74) is -0.564. The van der Waals surface area contributed by atoms with Gasteiger partial charge in [0.05, 0.1) is 11.5 Å². The van der Waals surface area contributed by atoms with Crippen molar-refractivity contribution in [1.29, 1.82) is 0 Å². The van der Waals surface area contributed by atoms with Gasteiger partial charge in [0.25, 0.3) is 0 Å². The van der Waals surface area contributed by atoms with Crippen LogP contribution < -0.4 is 0 Å². The van der Waals surface area contributed by atoms with E-state index in [0.717, 1.165) is 0 Å². The van der Waals surface area contributed by atoms with Gasteiger partial charge in [0.1, 0.15) is 0 Å². The van der Waals surface area contributed by atoms with Crippen LogP contribution in [0.3, 0.4) is 0 Å². The first-order valence-electron chi connectivity index (χ1n) is 3.67. The van der Waals surface area contributed by atoms with Crippen LogP contribution >= 0.6 is 11.6 Å². The Morgan fingerprint density at radius 3 is 2.27 bits per heavy atom. The van der Waals surface area contributed by atoms with E-state index in [1.54, 1.807) is 13.8 Å². The number of halogens is 1. The van der Waals surface area contributed by atoms with E-state index in [9.17, 15) is 4.79 Å². The lowest BCUT2D eigenvalue weighted by Crippen LogP contribution is -2.30. The third kappa shape index (κ3) is 3.61. The summed E-state index contributed by atoms with van der Waals surface area (Å²) in [6.45, 7) is 7.18. The molecule has 2 nitrogen and oxygen atoms in total. The van der Waals surface area contributed by atoms with Gasteiger partial charge in [-0.2, -0.15) is 0 Å².